The molecule has 0 saturated carbocycles. The molecule has 0 N–H and O–H groups in total. The number of carbonyl (C=O) groups is 2. The Morgan fingerprint density at radius 2 is 0.769 bits per heavy atom. The van der Waals surface area contributed by atoms with Crippen LogP contribution >= 0.6 is 56.7 Å². The highest BCUT2D eigenvalue weighted by molar-refractivity contribution is 7.33. The first-order valence-corrected chi connectivity index (χ1v) is 33.7. The number of ketones is 2. The maximum Gasteiger partial charge on any atom is 0.194 e. The molecule has 91 heavy (non-hydrogen) atoms. The van der Waals surface area contributed by atoms with Gasteiger partial charge in [-0.2, -0.15) is 21.0 Å². The second kappa shape index (κ2) is 21.1. The standard InChI is InChI=1S/C80H46N4O2S5/c1-43-13-21-49(22-14-43)79(50-23-15-44(2)16-24-50)63-36-60-64(35-59(63)76-65(79)37-68(89-76)66-31-29-53(87-66)33-61-71(47(39-81)40-82)55-9-5-7-11-57(55)74(61)85)80(51-25-17-45(3)18-26-51,52-27-19-46(4)20-28-52)73-77(60)91-70-38-69(90-78(70)73)67-32-30-54(88-67)34-62-72(48(41-83)42-84)56-10-6-8-12-58(56)75(62)86/h5-38H,1-4H3/b61-33-,62-34-. The summed E-state index contributed by atoms with van der Waals surface area (Å²) in [4.78, 5) is 36.5. The maximum atomic E-state index is 14.1. The van der Waals surface area contributed by atoms with Crippen LogP contribution in [0, 0.1) is 73.0 Å². The van der Waals surface area contributed by atoms with E-state index >= 15 is 0 Å². The van der Waals surface area contributed by atoms with Crippen LogP contribution in [0.2, 0.25) is 0 Å². The van der Waals surface area contributed by atoms with Gasteiger partial charge in [-0.25, -0.2) is 0 Å². The molecule has 0 saturated heterocycles. The van der Waals surface area contributed by atoms with Crippen molar-refractivity contribution in [1.29, 1.82) is 21.0 Å². The Kier molecular flexibility index (Phi) is 12.9. The number of nitriles is 4. The van der Waals surface area contributed by atoms with Crippen molar-refractivity contribution in [3.63, 3.8) is 0 Å². The summed E-state index contributed by atoms with van der Waals surface area (Å²) in [7, 11) is 0. The van der Waals surface area contributed by atoms with Crippen molar-refractivity contribution in [3.05, 3.63) is 315 Å². The largest absolute Gasteiger partial charge is 0.289 e. The highest BCUT2D eigenvalue weighted by atomic mass is 32.1. The zero-order chi connectivity index (χ0) is 62.2. The molecule has 428 valence electrons. The van der Waals surface area contributed by atoms with Crippen LogP contribution in [0.15, 0.2) is 216 Å². The van der Waals surface area contributed by atoms with Crippen LogP contribution in [-0.4, -0.2) is 11.6 Å². The number of Topliss-reactive ketones (excluding diaryl/α,β-unsaturated/α-hetero) is 2. The van der Waals surface area contributed by atoms with E-state index in [9.17, 15) is 30.6 Å². The average molecular weight is 1260 g/mol. The molecule has 5 heterocycles. The first kappa shape index (κ1) is 55.8. The van der Waals surface area contributed by atoms with Gasteiger partial charge < -0.3 is 0 Å². The molecule has 0 radical (unpaired) electrons. The van der Waals surface area contributed by atoms with E-state index in [1.54, 1.807) is 75.7 Å². The Morgan fingerprint density at radius 3 is 1.21 bits per heavy atom. The number of rotatable bonds is 8. The Morgan fingerprint density at radius 1 is 0.374 bits per heavy atom. The summed E-state index contributed by atoms with van der Waals surface area (Å²) >= 11 is 8.64. The number of nitrogens with zero attached hydrogens (tertiary/aromatic N) is 4. The van der Waals surface area contributed by atoms with E-state index in [1.807, 2.05) is 53.8 Å². The van der Waals surface area contributed by atoms with E-state index < -0.39 is 10.8 Å². The van der Waals surface area contributed by atoms with Crippen molar-refractivity contribution in [1.82, 2.24) is 0 Å². The number of carbonyl (C=O) groups excluding carboxylic acids is 2. The number of fused-ring (bicyclic) bond motifs is 10. The summed E-state index contributed by atoms with van der Waals surface area (Å²) in [5.41, 5.74) is 18.6. The molecule has 5 aromatic heterocycles. The van der Waals surface area contributed by atoms with E-state index in [0.29, 0.717) is 44.5 Å². The highest BCUT2D eigenvalue weighted by Gasteiger charge is 2.54. The predicted octanol–water partition coefficient (Wildman–Crippen LogP) is 20.6. The molecular formula is C80H46N4O2S5. The van der Waals surface area contributed by atoms with Crippen LogP contribution in [0.4, 0.5) is 0 Å². The van der Waals surface area contributed by atoms with Gasteiger partial charge in [0.25, 0.3) is 0 Å². The Bertz CT molecular complexity index is 5400. The molecule has 0 bridgehead atoms. The van der Waals surface area contributed by atoms with Gasteiger partial charge >= 0.3 is 0 Å². The third-order valence-corrected chi connectivity index (χ3v) is 24.5. The van der Waals surface area contributed by atoms with E-state index in [-0.39, 0.29) is 22.7 Å². The second-order valence-corrected chi connectivity index (χ2v) is 29.0. The summed E-state index contributed by atoms with van der Waals surface area (Å²) in [6.45, 7) is 8.58. The molecule has 0 aliphatic heterocycles. The highest BCUT2D eigenvalue weighted by Crippen LogP contribution is 2.67. The van der Waals surface area contributed by atoms with Gasteiger partial charge in [0.2, 0.25) is 0 Å². The molecule has 0 atom stereocenters. The molecule has 0 spiro atoms. The lowest BCUT2D eigenvalue weighted by atomic mass is 9.65. The Balaban J connectivity index is 0.911. The van der Waals surface area contributed by atoms with Gasteiger partial charge in [-0.05, 0) is 150 Å². The molecule has 7 aromatic carbocycles. The van der Waals surface area contributed by atoms with Gasteiger partial charge in [0.1, 0.15) is 35.4 Å². The molecule has 6 nitrogen and oxygen atoms in total. The van der Waals surface area contributed by atoms with Crippen LogP contribution in [0.25, 0.3) is 73.1 Å². The molecule has 0 unspecified atom stereocenters. The third kappa shape index (κ3) is 8.20. The third-order valence-electron chi connectivity index (χ3n) is 18.4. The molecule has 12 aromatic rings. The van der Waals surface area contributed by atoms with Crippen molar-refractivity contribution in [2.75, 3.05) is 0 Å². The van der Waals surface area contributed by atoms with Crippen molar-refractivity contribution in [2.24, 2.45) is 0 Å². The fourth-order valence-electron chi connectivity index (χ4n) is 14.3. The Hall–Kier alpha value is -10.4. The molecule has 11 heteroatoms. The zero-order valence-electron chi connectivity index (χ0n) is 49.3. The molecule has 0 amide bonds. The van der Waals surface area contributed by atoms with Crippen molar-refractivity contribution in [2.45, 2.75) is 38.5 Å². The summed E-state index contributed by atoms with van der Waals surface area (Å²) in [5.74, 6) is -0.404. The van der Waals surface area contributed by atoms with Crippen molar-refractivity contribution in [3.8, 4) is 64.7 Å². The van der Waals surface area contributed by atoms with Gasteiger partial charge in [-0.1, -0.05) is 168 Å². The number of allylic oxidation sites excluding steroid dienone is 6. The lowest BCUT2D eigenvalue weighted by Gasteiger charge is -2.35. The normalized spacial score (nSPS) is 15.2. The first-order valence-electron chi connectivity index (χ1n) is 29.6. The summed E-state index contributed by atoms with van der Waals surface area (Å²) < 4.78 is 2.41. The number of aryl methyl sites for hydroxylation is 4. The molecule has 4 aliphatic carbocycles. The number of hydrogen-bond donors (Lipinski definition) is 0. The topological polar surface area (TPSA) is 129 Å². The minimum atomic E-state index is -0.761. The van der Waals surface area contributed by atoms with Gasteiger partial charge in [0, 0.05) is 82.7 Å². The van der Waals surface area contributed by atoms with Crippen LogP contribution in [0.1, 0.15) is 108 Å². The SMILES string of the molecule is Cc1ccc(C2(c3ccc(C)cc3)c3cc4c(cc3-c3sc(-c5ccc(/C=C6\C(=O)c7ccccc7C6=C(C#N)C#N)s5)cc32)C(c2ccc(C)cc2)(c2ccc(C)cc2)c2c-4sc3cc(-c4ccc(/C=C5\C(=O)c6ccccc6C5=C(C#N)C#N)s4)sc23)cc1. The van der Waals surface area contributed by atoms with Crippen LogP contribution in [0.5, 0.6) is 0 Å². The summed E-state index contributed by atoms with van der Waals surface area (Å²) in [6, 6.07) is 77.2. The lowest BCUT2D eigenvalue weighted by molar-refractivity contribution is 0.103. The number of benzene rings is 7. The summed E-state index contributed by atoms with van der Waals surface area (Å²) in [6.07, 6.45) is 3.69. The second-order valence-electron chi connectivity index (χ2n) is 23.6. The lowest BCUT2D eigenvalue weighted by Crippen LogP contribution is -2.30. The van der Waals surface area contributed by atoms with Gasteiger partial charge in [-0.15, -0.1) is 56.7 Å². The predicted molar refractivity (Wildman–Crippen MR) is 372 cm³/mol. The molecule has 4 aliphatic rings. The van der Waals surface area contributed by atoms with Crippen molar-refractivity contribution >= 4 is 101 Å². The first-order chi connectivity index (χ1) is 44.3. The molecular weight excluding hydrogens is 1210 g/mol. The van der Waals surface area contributed by atoms with E-state index in [2.05, 4.69) is 185 Å². The fourth-order valence-corrected chi connectivity index (χ4v) is 20.4. The minimum Gasteiger partial charge on any atom is -0.289 e. The number of thiophene rings is 5. The fraction of sp³-hybridized carbons (Fsp3) is 0.0750. The Labute approximate surface area is 545 Å². The van der Waals surface area contributed by atoms with Gasteiger partial charge in [0.05, 0.1) is 15.5 Å². The minimum absolute atomic E-state index is 0.0845. The van der Waals surface area contributed by atoms with Gasteiger partial charge in [-0.3, -0.25) is 9.59 Å². The van der Waals surface area contributed by atoms with Crippen LogP contribution in [-0.2, 0) is 10.8 Å². The quantitative estimate of drug-likeness (QED) is 0.110. The smallest absolute Gasteiger partial charge is 0.194 e. The average Bonchev–Trinajstić information content (AvgIpc) is 1.49. The monoisotopic (exact) mass is 1250 g/mol. The zero-order valence-corrected chi connectivity index (χ0v) is 53.4. The van der Waals surface area contributed by atoms with E-state index in [0.717, 1.165) is 29.3 Å². The van der Waals surface area contributed by atoms with Crippen LogP contribution in [0.3, 0.4) is 0 Å². The number of hydrogen-bond acceptors (Lipinski definition) is 11. The van der Waals surface area contributed by atoms with Gasteiger partial charge in [0.15, 0.2) is 11.6 Å². The molecule has 0 fully saturated rings. The van der Waals surface area contributed by atoms with Crippen molar-refractivity contribution < 1.29 is 9.59 Å². The maximum absolute atomic E-state index is 14.1. The van der Waals surface area contributed by atoms with E-state index in [4.69, 9.17) is 0 Å². The van der Waals surface area contributed by atoms with E-state index in [1.165, 1.54) is 97.0 Å². The molecule has 16 rings (SSSR count). The summed E-state index contributed by atoms with van der Waals surface area (Å²) in [5, 5.41) is 40.4. The van der Waals surface area contributed by atoms with Crippen LogP contribution < -0.4 is 0 Å².